The van der Waals surface area contributed by atoms with Gasteiger partial charge in [-0.3, -0.25) is 4.79 Å². The fraction of sp³-hybridized carbons (Fsp3) is 0.500. The number of aryl methyl sites for hydroxylation is 2. The van der Waals surface area contributed by atoms with E-state index in [4.69, 9.17) is 0 Å². The normalized spacial score (nSPS) is 16.4. The summed E-state index contributed by atoms with van der Waals surface area (Å²) < 4.78 is 1.99. The molecule has 2 heterocycles. The minimum atomic E-state index is 0.00371. The Labute approximate surface area is 166 Å². The predicted molar refractivity (Wildman–Crippen MR) is 109 cm³/mol. The first-order chi connectivity index (χ1) is 13.5. The Balaban J connectivity index is 1.66. The largest absolute Gasteiger partial charge is 0.352 e. The summed E-state index contributed by atoms with van der Waals surface area (Å²) in [5.74, 6) is 2.59. The molecule has 1 aromatic carbocycles. The highest BCUT2D eigenvalue weighted by atomic mass is 16.2. The smallest absolute Gasteiger partial charge is 0.241 e. The van der Waals surface area contributed by atoms with Gasteiger partial charge >= 0.3 is 0 Å². The number of aliphatic imine (C=N–C) groups is 1. The van der Waals surface area contributed by atoms with Gasteiger partial charge in [0, 0.05) is 33.0 Å². The van der Waals surface area contributed by atoms with Crippen molar-refractivity contribution >= 4 is 11.9 Å². The lowest BCUT2D eigenvalue weighted by Crippen LogP contribution is -2.49. The first kappa shape index (κ1) is 19.9. The lowest BCUT2D eigenvalue weighted by atomic mass is 10.1. The van der Waals surface area contributed by atoms with Crippen LogP contribution >= 0.6 is 0 Å². The van der Waals surface area contributed by atoms with Gasteiger partial charge in [-0.05, 0) is 12.0 Å². The van der Waals surface area contributed by atoms with E-state index in [1.165, 1.54) is 0 Å². The summed E-state index contributed by atoms with van der Waals surface area (Å²) in [4.78, 5) is 22.8. The van der Waals surface area contributed by atoms with Crippen LogP contribution < -0.4 is 10.6 Å². The number of fused-ring (bicyclic) bond motifs is 1. The number of hydrogen-bond donors (Lipinski definition) is 2. The molecule has 1 aliphatic rings. The fourth-order valence-corrected chi connectivity index (χ4v) is 3.05. The van der Waals surface area contributed by atoms with Gasteiger partial charge in [-0.15, -0.1) is 0 Å². The molecular weight excluding hydrogens is 354 g/mol. The van der Waals surface area contributed by atoms with Crippen LogP contribution in [0.5, 0.6) is 0 Å². The van der Waals surface area contributed by atoms with E-state index in [-0.39, 0.29) is 18.5 Å². The van der Waals surface area contributed by atoms with Crippen LogP contribution in [0.25, 0.3) is 0 Å². The van der Waals surface area contributed by atoms with Gasteiger partial charge < -0.3 is 15.5 Å². The lowest BCUT2D eigenvalue weighted by Gasteiger charge is -2.25. The maximum absolute atomic E-state index is 12.0. The molecule has 1 unspecified atom stereocenters. The predicted octanol–water partition coefficient (Wildman–Crippen LogP) is 0.979. The Kier molecular flexibility index (Phi) is 6.62. The topological polar surface area (TPSA) is 87.4 Å². The molecule has 1 aromatic heterocycles. The zero-order valence-electron chi connectivity index (χ0n) is 16.9. The van der Waals surface area contributed by atoms with Crippen LogP contribution in [0.15, 0.2) is 35.3 Å². The molecule has 0 aliphatic carbocycles. The Bertz CT molecular complexity index is 813. The summed E-state index contributed by atoms with van der Waals surface area (Å²) in [5, 5.41) is 11.2. The van der Waals surface area contributed by atoms with E-state index in [2.05, 4.69) is 32.6 Å². The summed E-state index contributed by atoms with van der Waals surface area (Å²) in [5.41, 5.74) is 1.12. The molecule has 28 heavy (non-hydrogen) atoms. The molecule has 2 aromatic rings. The maximum atomic E-state index is 12.0. The molecule has 8 nitrogen and oxygen atoms in total. The van der Waals surface area contributed by atoms with Crippen LogP contribution in [0.4, 0.5) is 0 Å². The Morgan fingerprint density at radius 3 is 2.82 bits per heavy atom. The third kappa shape index (κ3) is 5.31. The maximum Gasteiger partial charge on any atom is 0.241 e. The van der Waals surface area contributed by atoms with Crippen LogP contribution in [-0.2, 0) is 30.7 Å². The van der Waals surface area contributed by atoms with Crippen LogP contribution in [0.2, 0.25) is 0 Å². The molecule has 0 saturated heterocycles. The van der Waals surface area contributed by atoms with Gasteiger partial charge in [0.05, 0.1) is 19.6 Å². The van der Waals surface area contributed by atoms with Gasteiger partial charge in [0.25, 0.3) is 0 Å². The molecule has 0 fully saturated rings. The van der Waals surface area contributed by atoms with Gasteiger partial charge in [-0.1, -0.05) is 37.3 Å². The molecule has 2 N–H and O–H groups in total. The van der Waals surface area contributed by atoms with Crippen molar-refractivity contribution in [3.05, 3.63) is 47.5 Å². The number of nitrogens with zero attached hydrogens (tertiary/aromatic N) is 5. The zero-order chi connectivity index (χ0) is 19.9. The Morgan fingerprint density at radius 2 is 2.11 bits per heavy atom. The average molecular weight is 384 g/mol. The summed E-state index contributed by atoms with van der Waals surface area (Å²) >= 11 is 0. The first-order valence-electron chi connectivity index (χ1n) is 9.76. The minimum Gasteiger partial charge on any atom is -0.352 e. The zero-order valence-corrected chi connectivity index (χ0v) is 16.9. The monoisotopic (exact) mass is 383 g/mol. The minimum absolute atomic E-state index is 0.00371. The van der Waals surface area contributed by atoms with Crippen molar-refractivity contribution in [2.45, 2.75) is 45.3 Å². The van der Waals surface area contributed by atoms with Crippen LogP contribution in [0, 0.1) is 0 Å². The number of carbonyl (C=O) groups is 1. The van der Waals surface area contributed by atoms with Crippen LogP contribution in [0.3, 0.4) is 0 Å². The first-order valence-corrected chi connectivity index (χ1v) is 9.76. The van der Waals surface area contributed by atoms with E-state index in [1.54, 1.807) is 19.0 Å². The highest BCUT2D eigenvalue weighted by molar-refractivity contribution is 5.86. The van der Waals surface area contributed by atoms with Crippen molar-refractivity contribution in [2.75, 3.05) is 20.6 Å². The van der Waals surface area contributed by atoms with Crippen molar-refractivity contribution < 1.29 is 4.79 Å². The number of hydrogen-bond acceptors (Lipinski definition) is 4. The van der Waals surface area contributed by atoms with E-state index < -0.39 is 0 Å². The van der Waals surface area contributed by atoms with Gasteiger partial charge in [-0.2, -0.15) is 5.10 Å². The lowest BCUT2D eigenvalue weighted by molar-refractivity contribution is -0.127. The standard InChI is InChI=1S/C20H29N7O/c1-4-17-24-18-11-10-16(14-27(18)25-17)23-20(22-13-19(28)26(2)3)21-12-15-8-6-5-7-9-15/h5-9,16H,4,10-14H2,1-3H3,(H2,21,22,23). The third-order valence-corrected chi connectivity index (χ3v) is 4.73. The van der Waals surface area contributed by atoms with E-state index >= 15 is 0 Å². The molecule has 0 saturated carbocycles. The SMILES string of the molecule is CCc1nc2n(n1)CC(NC(=NCc1ccccc1)NCC(=O)N(C)C)CC2. The van der Waals surface area contributed by atoms with Gasteiger partial charge in [0.15, 0.2) is 11.8 Å². The molecule has 0 bridgehead atoms. The highest BCUT2D eigenvalue weighted by Gasteiger charge is 2.22. The molecule has 1 amide bonds. The molecule has 3 rings (SSSR count). The van der Waals surface area contributed by atoms with E-state index in [0.717, 1.165) is 43.0 Å². The number of rotatable bonds is 6. The summed E-state index contributed by atoms with van der Waals surface area (Å²) in [6, 6.07) is 10.3. The summed E-state index contributed by atoms with van der Waals surface area (Å²) in [6.45, 7) is 3.57. The number of aromatic nitrogens is 3. The molecule has 0 radical (unpaired) electrons. The molecule has 0 spiro atoms. The number of amides is 1. The average Bonchev–Trinajstić information content (AvgIpc) is 3.13. The van der Waals surface area contributed by atoms with Crippen LogP contribution in [-0.4, -0.2) is 58.2 Å². The van der Waals surface area contributed by atoms with Gasteiger partial charge in [-0.25, -0.2) is 14.7 Å². The van der Waals surface area contributed by atoms with Crippen molar-refractivity contribution in [3.63, 3.8) is 0 Å². The fourth-order valence-electron chi connectivity index (χ4n) is 3.05. The Morgan fingerprint density at radius 1 is 1.32 bits per heavy atom. The molecule has 1 aliphatic heterocycles. The van der Waals surface area contributed by atoms with Crippen LogP contribution in [0.1, 0.15) is 30.6 Å². The highest BCUT2D eigenvalue weighted by Crippen LogP contribution is 2.13. The van der Waals surface area contributed by atoms with Crippen molar-refractivity contribution in [1.82, 2.24) is 30.3 Å². The molecule has 150 valence electrons. The van der Waals surface area contributed by atoms with Gasteiger partial charge in [0.2, 0.25) is 5.91 Å². The molecular formula is C20H29N7O. The summed E-state index contributed by atoms with van der Waals surface area (Å²) in [7, 11) is 3.49. The number of nitrogens with one attached hydrogen (secondary N) is 2. The number of carbonyl (C=O) groups excluding carboxylic acids is 1. The van der Waals surface area contributed by atoms with E-state index in [1.807, 2.05) is 35.0 Å². The van der Waals surface area contributed by atoms with Gasteiger partial charge in [0.1, 0.15) is 5.82 Å². The summed E-state index contributed by atoms with van der Waals surface area (Å²) in [6.07, 6.45) is 2.68. The van der Waals surface area contributed by atoms with Crippen molar-refractivity contribution in [3.8, 4) is 0 Å². The number of guanidine groups is 1. The van der Waals surface area contributed by atoms with E-state index in [9.17, 15) is 4.79 Å². The Hall–Kier alpha value is -2.90. The van der Waals surface area contributed by atoms with Crippen molar-refractivity contribution in [2.24, 2.45) is 4.99 Å². The van der Waals surface area contributed by atoms with Crippen molar-refractivity contribution in [1.29, 1.82) is 0 Å². The number of benzene rings is 1. The second-order valence-electron chi connectivity index (χ2n) is 7.15. The third-order valence-electron chi connectivity index (χ3n) is 4.73. The second kappa shape index (κ2) is 9.34. The molecule has 1 atom stereocenters. The van der Waals surface area contributed by atoms with E-state index in [0.29, 0.717) is 12.5 Å². The molecule has 8 heteroatoms. The number of likely N-dealkylation sites (N-methyl/N-ethyl adjacent to an activating group) is 1. The quantitative estimate of drug-likeness (QED) is 0.574. The second-order valence-corrected chi connectivity index (χ2v) is 7.15.